The highest BCUT2D eigenvalue weighted by molar-refractivity contribution is 5.94. The number of fused-ring (bicyclic) bond motifs is 1. The summed E-state index contributed by atoms with van der Waals surface area (Å²) in [6.07, 6.45) is 17.5. The van der Waals surface area contributed by atoms with Crippen LogP contribution in [-0.4, -0.2) is 11.1 Å². The van der Waals surface area contributed by atoms with Crippen LogP contribution in [0.1, 0.15) is 114 Å². The maximum absolute atomic E-state index is 11.9. The quantitative estimate of drug-likeness (QED) is 0.304. The summed E-state index contributed by atoms with van der Waals surface area (Å²) in [5, 5.41) is 13.2. The zero-order valence-corrected chi connectivity index (χ0v) is 28.2. The molecule has 44 heavy (non-hydrogen) atoms. The number of rotatable bonds is 9. The van der Waals surface area contributed by atoms with Crippen molar-refractivity contribution < 1.29 is 14.6 Å². The van der Waals surface area contributed by atoms with Crippen LogP contribution in [0.25, 0.3) is 5.57 Å². The van der Waals surface area contributed by atoms with Gasteiger partial charge in [0.2, 0.25) is 0 Å². The fourth-order valence-corrected chi connectivity index (χ4v) is 5.76. The topological polar surface area (TPSA) is 58.6 Å². The molecule has 4 rings (SSSR count). The van der Waals surface area contributed by atoms with Crippen molar-refractivity contribution in [2.75, 3.05) is 5.32 Å². The fourth-order valence-electron chi connectivity index (χ4n) is 5.76. The van der Waals surface area contributed by atoms with Crippen LogP contribution >= 0.6 is 0 Å². The van der Waals surface area contributed by atoms with Gasteiger partial charge < -0.3 is 15.2 Å². The molecule has 0 bridgehead atoms. The highest BCUT2D eigenvalue weighted by Gasteiger charge is 2.26. The molecule has 1 aliphatic carbocycles. The van der Waals surface area contributed by atoms with Gasteiger partial charge in [-0.15, -0.1) is 0 Å². The highest BCUT2D eigenvalue weighted by atomic mass is 16.5. The molecular formula is C40H51NO3. The Morgan fingerprint density at radius 2 is 1.80 bits per heavy atom. The Labute approximate surface area is 265 Å². The average molecular weight is 594 g/mol. The second-order valence-corrected chi connectivity index (χ2v) is 11.4. The minimum atomic E-state index is -0.952. The van der Waals surface area contributed by atoms with Gasteiger partial charge in [-0.25, -0.2) is 4.79 Å². The number of ether oxygens (including phenoxy) is 1. The zero-order chi connectivity index (χ0) is 32.4. The van der Waals surface area contributed by atoms with E-state index in [4.69, 9.17) is 4.74 Å². The van der Waals surface area contributed by atoms with Gasteiger partial charge in [0.15, 0.2) is 0 Å². The summed E-state index contributed by atoms with van der Waals surface area (Å²) in [5.74, 6) is 1.11. The number of carboxylic acids is 1. The zero-order valence-electron chi connectivity index (χ0n) is 28.2. The van der Waals surface area contributed by atoms with E-state index in [0.29, 0.717) is 11.6 Å². The van der Waals surface area contributed by atoms with Crippen LogP contribution in [-0.2, 0) is 0 Å². The number of benzene rings is 2. The van der Waals surface area contributed by atoms with E-state index >= 15 is 0 Å². The monoisotopic (exact) mass is 593 g/mol. The van der Waals surface area contributed by atoms with E-state index in [0.717, 1.165) is 65.0 Å². The molecule has 0 aromatic heterocycles. The van der Waals surface area contributed by atoms with Gasteiger partial charge in [-0.3, -0.25) is 0 Å². The van der Waals surface area contributed by atoms with E-state index in [-0.39, 0.29) is 11.6 Å². The van der Waals surface area contributed by atoms with E-state index in [2.05, 4.69) is 102 Å². The Kier molecular flexibility index (Phi) is 12.6. The Hall–Kier alpha value is -4.05. The van der Waals surface area contributed by atoms with Crippen LogP contribution in [0.3, 0.4) is 0 Å². The molecule has 234 valence electrons. The molecule has 1 heterocycles. The van der Waals surface area contributed by atoms with E-state index in [1.54, 1.807) is 12.1 Å². The third-order valence-electron chi connectivity index (χ3n) is 8.23. The number of carbonyl (C=O) groups is 1. The fraction of sp³-hybridized carbons (Fsp3) is 0.375. The van der Waals surface area contributed by atoms with Crippen molar-refractivity contribution in [1.82, 2.24) is 0 Å². The number of hydrogen-bond acceptors (Lipinski definition) is 3. The SMILES string of the molecule is CC.CC/C=C1C=C(/C2=C\CC(C)C(C=C(CC)CC)=C(C)C=C2)Oc2c/1cc(C)cc2C(C)Nc1ccccc1C(=O)O. The molecule has 2 N–H and O–H groups in total. The van der Waals surface area contributed by atoms with E-state index in [9.17, 15) is 9.90 Å². The number of anilines is 1. The first-order chi connectivity index (χ1) is 21.2. The predicted octanol–water partition coefficient (Wildman–Crippen LogP) is 11.5. The van der Waals surface area contributed by atoms with Gasteiger partial charge in [0.1, 0.15) is 11.5 Å². The number of carboxylic acid groups (broad SMARTS) is 1. The first-order valence-electron chi connectivity index (χ1n) is 16.3. The van der Waals surface area contributed by atoms with Crippen LogP contribution in [0.5, 0.6) is 5.75 Å². The molecule has 2 unspecified atom stereocenters. The largest absolute Gasteiger partial charge is 0.478 e. The Morgan fingerprint density at radius 3 is 2.45 bits per heavy atom. The molecule has 0 saturated heterocycles. The minimum Gasteiger partial charge on any atom is -0.478 e. The Bertz CT molecular complexity index is 1520. The molecule has 4 heteroatoms. The maximum atomic E-state index is 11.9. The summed E-state index contributed by atoms with van der Waals surface area (Å²) in [6.45, 7) is 19.3. The van der Waals surface area contributed by atoms with E-state index in [1.165, 1.54) is 16.7 Å². The standard InChI is InChI=1S/C38H45NO3.C2H6/c1-8-13-30-23-36(29-18-16-25(5)32(26(6)17-19-29)22-28(9-2)10-3)42-37-33(20-24(4)21-34(30)37)27(7)39-35-15-12-11-14-31(35)38(40)41;1-2/h11-16,18-23,26-27,39H,8-10,17H2,1-7H3,(H,40,41);1-2H3/b18-16?,29-19-,30-13-,32-25?;. The molecule has 2 atom stereocenters. The molecule has 1 aliphatic heterocycles. The van der Waals surface area contributed by atoms with Crippen LogP contribution in [0.4, 0.5) is 5.69 Å². The molecule has 2 aliphatic rings. The summed E-state index contributed by atoms with van der Waals surface area (Å²) in [7, 11) is 0. The number of aromatic carboxylic acids is 1. The van der Waals surface area contributed by atoms with Crippen molar-refractivity contribution in [3.8, 4) is 5.75 Å². The van der Waals surface area contributed by atoms with Gasteiger partial charge >= 0.3 is 5.97 Å². The van der Waals surface area contributed by atoms with Gasteiger partial charge in [0, 0.05) is 22.4 Å². The van der Waals surface area contributed by atoms with Gasteiger partial charge in [0.05, 0.1) is 11.6 Å². The summed E-state index contributed by atoms with van der Waals surface area (Å²) in [4.78, 5) is 11.9. The lowest BCUT2D eigenvalue weighted by Crippen LogP contribution is -2.15. The second kappa shape index (κ2) is 16.1. The number of hydrogen-bond donors (Lipinski definition) is 2. The van der Waals surface area contributed by atoms with Crippen LogP contribution in [0.15, 0.2) is 101 Å². The maximum Gasteiger partial charge on any atom is 0.337 e. The normalized spacial score (nSPS) is 18.8. The average Bonchev–Trinajstić information content (AvgIpc) is 3.01. The van der Waals surface area contributed by atoms with Crippen molar-refractivity contribution in [1.29, 1.82) is 0 Å². The highest BCUT2D eigenvalue weighted by Crippen LogP contribution is 2.43. The van der Waals surface area contributed by atoms with Crippen LogP contribution in [0, 0.1) is 12.8 Å². The van der Waals surface area contributed by atoms with Crippen molar-refractivity contribution in [2.45, 2.75) is 94.0 Å². The van der Waals surface area contributed by atoms with Crippen molar-refractivity contribution >= 4 is 17.2 Å². The molecular weight excluding hydrogens is 542 g/mol. The van der Waals surface area contributed by atoms with Gasteiger partial charge in [-0.2, -0.15) is 0 Å². The smallest absolute Gasteiger partial charge is 0.337 e. The van der Waals surface area contributed by atoms with E-state index < -0.39 is 5.97 Å². The molecule has 4 nitrogen and oxygen atoms in total. The number of allylic oxidation sites excluding steroid dienone is 10. The molecule has 2 aromatic rings. The molecule has 0 spiro atoms. The van der Waals surface area contributed by atoms with Gasteiger partial charge in [-0.05, 0) is 98.9 Å². The van der Waals surface area contributed by atoms with Gasteiger partial charge in [-0.1, -0.05) is 95.7 Å². The lowest BCUT2D eigenvalue weighted by Gasteiger charge is -2.28. The van der Waals surface area contributed by atoms with Crippen molar-refractivity contribution in [2.24, 2.45) is 5.92 Å². The first-order valence-corrected chi connectivity index (χ1v) is 16.3. The predicted molar refractivity (Wildman–Crippen MR) is 187 cm³/mol. The van der Waals surface area contributed by atoms with Crippen LogP contribution < -0.4 is 10.1 Å². The molecule has 2 aromatic carbocycles. The van der Waals surface area contributed by atoms with Crippen molar-refractivity contribution in [3.63, 3.8) is 0 Å². The third kappa shape index (κ3) is 8.11. The second-order valence-electron chi connectivity index (χ2n) is 11.4. The Balaban J connectivity index is 0.00000259. The summed E-state index contributed by atoms with van der Waals surface area (Å²) < 4.78 is 6.78. The molecule has 0 amide bonds. The summed E-state index contributed by atoms with van der Waals surface area (Å²) >= 11 is 0. The number of nitrogens with one attached hydrogen (secondary N) is 1. The minimum absolute atomic E-state index is 0.186. The summed E-state index contributed by atoms with van der Waals surface area (Å²) in [6, 6.07) is 11.2. The summed E-state index contributed by atoms with van der Waals surface area (Å²) in [5.41, 5.74) is 10.4. The third-order valence-corrected chi connectivity index (χ3v) is 8.23. The van der Waals surface area contributed by atoms with Crippen LogP contribution in [0.2, 0.25) is 0 Å². The lowest BCUT2D eigenvalue weighted by molar-refractivity contribution is 0.0698. The molecule has 0 radical (unpaired) electrons. The van der Waals surface area contributed by atoms with E-state index in [1.807, 2.05) is 26.0 Å². The Morgan fingerprint density at radius 1 is 1.09 bits per heavy atom. The number of para-hydroxylation sites is 1. The number of aryl methyl sites for hydroxylation is 1. The molecule has 0 saturated carbocycles. The lowest BCUT2D eigenvalue weighted by atomic mass is 9.87. The first kappa shape index (κ1) is 34.4. The van der Waals surface area contributed by atoms with Crippen molar-refractivity contribution in [3.05, 3.63) is 123 Å². The van der Waals surface area contributed by atoms with Gasteiger partial charge in [0.25, 0.3) is 0 Å². The molecule has 0 fully saturated rings.